The molecule has 0 amide bonds. The fourth-order valence-corrected chi connectivity index (χ4v) is 2.74. The minimum Gasteiger partial charge on any atom is -0.465 e. The molecule has 0 spiro atoms. The van der Waals surface area contributed by atoms with Crippen LogP contribution in [0.5, 0.6) is 0 Å². The maximum Gasteiger partial charge on any atom is 0.474 e. The molecule has 3 aliphatic rings. The van der Waals surface area contributed by atoms with Crippen molar-refractivity contribution < 1.29 is 27.7 Å². The highest BCUT2D eigenvalue weighted by atomic mass is 31.2. The van der Waals surface area contributed by atoms with Crippen LogP contribution in [-0.4, -0.2) is 32.4 Å². The first-order valence-corrected chi connectivity index (χ1v) is 5.77. The van der Waals surface area contributed by atoms with Gasteiger partial charge < -0.3 is 4.74 Å². The fraction of sp³-hybridized carbons (Fsp3) is 0.857. The van der Waals surface area contributed by atoms with Crippen molar-refractivity contribution in [3.8, 4) is 0 Å². The second-order valence-electron chi connectivity index (χ2n) is 3.27. The first-order chi connectivity index (χ1) is 6.60. The van der Waals surface area contributed by atoms with Gasteiger partial charge in [-0.15, -0.1) is 0 Å². The molecule has 0 aliphatic carbocycles. The highest BCUT2D eigenvalue weighted by molar-refractivity contribution is 7.48. The Labute approximate surface area is 81.1 Å². The lowest BCUT2D eigenvalue weighted by molar-refractivity contribution is -0.176. The molecule has 0 saturated carbocycles. The largest absolute Gasteiger partial charge is 0.474 e. The van der Waals surface area contributed by atoms with E-state index < -0.39 is 19.2 Å². The van der Waals surface area contributed by atoms with Gasteiger partial charge >= 0.3 is 13.8 Å². The average molecular weight is 222 g/mol. The third-order valence-corrected chi connectivity index (χ3v) is 3.54. The molecule has 0 unspecified atom stereocenters. The summed E-state index contributed by atoms with van der Waals surface area (Å²) in [6.07, 6.45) is 0. The third-order valence-electron chi connectivity index (χ3n) is 2.21. The van der Waals surface area contributed by atoms with Crippen LogP contribution < -0.4 is 0 Å². The van der Waals surface area contributed by atoms with E-state index in [1.165, 1.54) is 0 Å². The van der Waals surface area contributed by atoms with Gasteiger partial charge in [-0.2, -0.15) is 0 Å². The Morgan fingerprint density at radius 1 is 1.36 bits per heavy atom. The Hall–Kier alpha value is -0.420. The molecule has 80 valence electrons. The summed E-state index contributed by atoms with van der Waals surface area (Å²) in [5.74, 6) is -0.425. The minimum absolute atomic E-state index is 0.0448. The van der Waals surface area contributed by atoms with E-state index in [0.717, 1.165) is 0 Å². The van der Waals surface area contributed by atoms with Crippen molar-refractivity contribution in [2.45, 2.75) is 6.92 Å². The number of hydrogen-bond acceptors (Lipinski definition) is 6. The monoisotopic (exact) mass is 222 g/mol. The highest BCUT2D eigenvalue weighted by Gasteiger charge is 2.55. The van der Waals surface area contributed by atoms with Crippen molar-refractivity contribution in [1.29, 1.82) is 0 Å². The van der Waals surface area contributed by atoms with E-state index in [0.29, 0.717) is 0 Å². The predicted octanol–water partition coefficient (Wildman–Crippen LogP) is 0.721. The van der Waals surface area contributed by atoms with Gasteiger partial charge in [0.05, 0.1) is 26.4 Å². The van der Waals surface area contributed by atoms with Crippen LogP contribution in [0, 0.1) is 5.41 Å². The molecule has 7 heteroatoms. The maximum absolute atomic E-state index is 11.5. The molecule has 0 aromatic rings. The van der Waals surface area contributed by atoms with Crippen LogP contribution in [-0.2, 0) is 27.7 Å². The number of carbonyl (C=O) groups excluding carboxylic acids is 1. The highest BCUT2D eigenvalue weighted by Crippen LogP contribution is 2.60. The molecule has 3 aliphatic heterocycles. The van der Waals surface area contributed by atoms with E-state index in [4.69, 9.17) is 18.3 Å². The average Bonchev–Trinajstić information content (AvgIpc) is 2.20. The second-order valence-corrected chi connectivity index (χ2v) is 4.94. The normalized spacial score (nSPS) is 40.9. The van der Waals surface area contributed by atoms with Crippen LogP contribution in [0.1, 0.15) is 6.92 Å². The first kappa shape index (κ1) is 10.1. The maximum atomic E-state index is 11.5. The standard InChI is InChI=1S/C7H11O6P/c1-2-10-6(8)7-3-11-14(9,12-4-7)13-5-7/h2-5H2,1H3. The quantitative estimate of drug-likeness (QED) is 0.506. The van der Waals surface area contributed by atoms with Gasteiger partial charge in [0.15, 0.2) is 0 Å². The smallest absolute Gasteiger partial charge is 0.465 e. The topological polar surface area (TPSA) is 71.1 Å². The van der Waals surface area contributed by atoms with Crippen molar-refractivity contribution in [3.05, 3.63) is 0 Å². The van der Waals surface area contributed by atoms with Crippen molar-refractivity contribution in [1.82, 2.24) is 0 Å². The van der Waals surface area contributed by atoms with Crippen LogP contribution in [0.4, 0.5) is 0 Å². The van der Waals surface area contributed by atoms with Crippen LogP contribution in [0.15, 0.2) is 0 Å². The summed E-state index contributed by atoms with van der Waals surface area (Å²) in [7, 11) is -3.34. The number of hydrogen-bond donors (Lipinski definition) is 0. The van der Waals surface area contributed by atoms with Crippen molar-refractivity contribution in [2.24, 2.45) is 5.41 Å². The fourth-order valence-electron chi connectivity index (χ4n) is 1.31. The molecule has 6 nitrogen and oxygen atoms in total. The molecular weight excluding hydrogens is 211 g/mol. The molecule has 0 radical (unpaired) electrons. The minimum atomic E-state index is -3.34. The molecule has 14 heavy (non-hydrogen) atoms. The van der Waals surface area contributed by atoms with E-state index in [1.54, 1.807) is 6.92 Å². The van der Waals surface area contributed by atoms with Crippen molar-refractivity contribution >= 4 is 13.8 Å². The molecular formula is C7H11O6P. The number of carbonyl (C=O) groups is 1. The molecule has 2 bridgehead atoms. The van der Waals surface area contributed by atoms with Crippen LogP contribution in [0.25, 0.3) is 0 Å². The molecule has 3 rings (SSSR count). The molecule has 0 aromatic heterocycles. The Balaban J connectivity index is 2.12. The van der Waals surface area contributed by atoms with Gasteiger partial charge in [-0.05, 0) is 6.92 Å². The van der Waals surface area contributed by atoms with Gasteiger partial charge in [-0.3, -0.25) is 18.4 Å². The van der Waals surface area contributed by atoms with E-state index >= 15 is 0 Å². The Bertz CT molecular complexity index is 269. The number of phosphoric ester groups is 1. The summed E-state index contributed by atoms with van der Waals surface area (Å²) in [6.45, 7) is 2.14. The zero-order valence-electron chi connectivity index (χ0n) is 7.73. The molecule has 3 heterocycles. The van der Waals surface area contributed by atoms with Gasteiger partial charge in [-0.1, -0.05) is 0 Å². The Morgan fingerprint density at radius 2 is 1.86 bits per heavy atom. The summed E-state index contributed by atoms with van der Waals surface area (Å²) < 4.78 is 30.7. The summed E-state index contributed by atoms with van der Waals surface area (Å²) in [4.78, 5) is 11.5. The first-order valence-electron chi connectivity index (χ1n) is 4.31. The van der Waals surface area contributed by atoms with Crippen LogP contribution in [0.2, 0.25) is 0 Å². The number of phosphoric acid groups is 1. The van der Waals surface area contributed by atoms with Gasteiger partial charge in [0.2, 0.25) is 0 Å². The zero-order valence-corrected chi connectivity index (χ0v) is 8.62. The lowest BCUT2D eigenvalue weighted by atomic mass is 9.91. The molecule has 0 atom stereocenters. The Morgan fingerprint density at radius 3 is 2.29 bits per heavy atom. The van der Waals surface area contributed by atoms with E-state index in [1.807, 2.05) is 0 Å². The summed E-state index contributed by atoms with van der Waals surface area (Å²) >= 11 is 0. The molecule has 0 aromatic carbocycles. The predicted molar refractivity (Wildman–Crippen MR) is 44.5 cm³/mol. The van der Waals surface area contributed by atoms with E-state index in [-0.39, 0.29) is 26.4 Å². The number of ether oxygens (including phenoxy) is 1. The van der Waals surface area contributed by atoms with Crippen molar-refractivity contribution in [3.63, 3.8) is 0 Å². The summed E-state index contributed by atoms with van der Waals surface area (Å²) in [6, 6.07) is 0. The Kier molecular flexibility index (Phi) is 2.39. The molecule has 3 saturated heterocycles. The van der Waals surface area contributed by atoms with Crippen LogP contribution in [0.3, 0.4) is 0 Å². The summed E-state index contributed by atoms with van der Waals surface area (Å²) in [5.41, 5.74) is -0.928. The number of fused-ring (bicyclic) bond motifs is 3. The van der Waals surface area contributed by atoms with E-state index in [2.05, 4.69) is 0 Å². The van der Waals surface area contributed by atoms with Gasteiger partial charge in [0.25, 0.3) is 0 Å². The van der Waals surface area contributed by atoms with Crippen LogP contribution >= 0.6 is 7.82 Å². The van der Waals surface area contributed by atoms with Gasteiger partial charge in [0.1, 0.15) is 5.41 Å². The van der Waals surface area contributed by atoms with E-state index in [9.17, 15) is 9.36 Å². The zero-order chi connectivity index (χ0) is 10.2. The second kappa shape index (κ2) is 3.31. The lowest BCUT2D eigenvalue weighted by Crippen LogP contribution is -2.51. The SMILES string of the molecule is CCOC(=O)C12COP(=O)(OC1)OC2. The third kappa shape index (κ3) is 1.48. The number of rotatable bonds is 2. The summed E-state index contributed by atoms with van der Waals surface area (Å²) in [5, 5.41) is 0. The number of esters is 1. The van der Waals surface area contributed by atoms with Gasteiger partial charge in [-0.25, -0.2) is 4.57 Å². The van der Waals surface area contributed by atoms with Crippen molar-refractivity contribution in [2.75, 3.05) is 26.4 Å². The molecule has 0 N–H and O–H groups in total. The lowest BCUT2D eigenvalue weighted by Gasteiger charge is -2.41. The van der Waals surface area contributed by atoms with Gasteiger partial charge in [0, 0.05) is 0 Å². The molecule has 3 fully saturated rings.